The largest absolute Gasteiger partial charge is 0.348 e. The number of aryl methyl sites for hydroxylation is 3. The summed E-state index contributed by atoms with van der Waals surface area (Å²) in [4.78, 5) is 12.5. The van der Waals surface area contributed by atoms with Crippen LogP contribution in [0, 0.1) is 20.8 Å². The second kappa shape index (κ2) is 6.76. The lowest BCUT2D eigenvalue weighted by Gasteiger charge is -2.16. The third kappa shape index (κ3) is 3.60. The number of carbonyl (C=O) groups excluding carboxylic acids is 1. The number of rotatable bonds is 4. The number of amides is 1. The number of hydrogen-bond donors (Lipinski definition) is 1. The number of fused-ring (bicyclic) bond motifs is 1. The molecule has 1 heterocycles. The molecule has 138 valence electrons. The van der Waals surface area contributed by atoms with Crippen LogP contribution in [0.1, 0.15) is 38.2 Å². The summed E-state index contributed by atoms with van der Waals surface area (Å²) in [5.41, 5.74) is 6.81. The second-order valence-corrected chi connectivity index (χ2v) is 8.90. The maximum atomic E-state index is 12.5. The number of nitrogens with zero attached hydrogens (tertiary/aromatic N) is 1. The van der Waals surface area contributed by atoms with E-state index in [9.17, 15) is 13.2 Å². The van der Waals surface area contributed by atoms with Gasteiger partial charge in [0.1, 0.15) is 0 Å². The van der Waals surface area contributed by atoms with Gasteiger partial charge < -0.3 is 5.32 Å². The fourth-order valence-corrected chi connectivity index (χ4v) is 4.58. The van der Waals surface area contributed by atoms with E-state index in [2.05, 4.69) is 38.2 Å². The van der Waals surface area contributed by atoms with Crippen molar-refractivity contribution in [3.8, 4) is 0 Å². The van der Waals surface area contributed by atoms with Crippen LogP contribution < -0.4 is 9.62 Å². The molecule has 26 heavy (non-hydrogen) atoms. The van der Waals surface area contributed by atoms with Crippen molar-refractivity contribution in [1.82, 2.24) is 5.32 Å². The highest BCUT2D eigenvalue weighted by Gasteiger charge is 2.26. The molecule has 0 radical (unpaired) electrons. The Kier molecular flexibility index (Phi) is 4.80. The van der Waals surface area contributed by atoms with Crippen molar-refractivity contribution in [2.45, 2.75) is 33.7 Å². The van der Waals surface area contributed by atoms with Crippen LogP contribution in [0.4, 0.5) is 5.69 Å². The smallest absolute Gasteiger partial charge is 0.251 e. The fraction of sp³-hybridized carbons (Fsp3) is 0.350. The Hall–Kier alpha value is -2.34. The molecule has 0 unspecified atom stereocenters. The van der Waals surface area contributed by atoms with Gasteiger partial charge in [-0.05, 0) is 67.6 Å². The van der Waals surface area contributed by atoms with E-state index in [0.29, 0.717) is 30.8 Å². The number of sulfonamides is 1. The van der Waals surface area contributed by atoms with Gasteiger partial charge in [0.15, 0.2) is 0 Å². The van der Waals surface area contributed by atoms with Crippen LogP contribution in [0.5, 0.6) is 0 Å². The van der Waals surface area contributed by atoms with Gasteiger partial charge in [-0.3, -0.25) is 9.10 Å². The molecular weight excluding hydrogens is 348 g/mol. The first-order valence-corrected chi connectivity index (χ1v) is 10.5. The van der Waals surface area contributed by atoms with Crippen molar-refractivity contribution < 1.29 is 13.2 Å². The molecule has 1 amide bonds. The molecule has 3 rings (SSSR count). The molecule has 0 aliphatic carbocycles. The number of nitrogens with one attached hydrogen (secondary N) is 1. The first kappa shape index (κ1) is 18.5. The number of benzene rings is 2. The third-order valence-corrected chi connectivity index (χ3v) is 6.04. The summed E-state index contributed by atoms with van der Waals surface area (Å²) in [5, 5.41) is 2.98. The maximum absolute atomic E-state index is 12.5. The molecule has 0 fully saturated rings. The SMILES string of the molecule is Cc1cc(C)c(CNC(=O)c2ccc3c(c2)CCN3S(C)(=O)=O)c(C)c1. The van der Waals surface area contributed by atoms with Crippen molar-refractivity contribution in [3.63, 3.8) is 0 Å². The molecule has 0 atom stereocenters. The topological polar surface area (TPSA) is 66.5 Å². The normalized spacial score (nSPS) is 13.6. The molecule has 0 spiro atoms. The Balaban J connectivity index is 1.76. The summed E-state index contributed by atoms with van der Waals surface area (Å²) in [6, 6.07) is 9.44. The van der Waals surface area contributed by atoms with Gasteiger partial charge in [0.25, 0.3) is 5.91 Å². The van der Waals surface area contributed by atoms with E-state index >= 15 is 0 Å². The predicted molar refractivity (Wildman–Crippen MR) is 104 cm³/mol. The Morgan fingerprint density at radius 3 is 2.38 bits per heavy atom. The Morgan fingerprint density at radius 1 is 1.12 bits per heavy atom. The van der Waals surface area contributed by atoms with Crippen LogP contribution in [-0.2, 0) is 23.0 Å². The predicted octanol–water partition coefficient (Wildman–Crippen LogP) is 2.86. The molecule has 2 aromatic carbocycles. The monoisotopic (exact) mass is 372 g/mol. The molecule has 5 nitrogen and oxygen atoms in total. The van der Waals surface area contributed by atoms with Crippen LogP contribution in [0.2, 0.25) is 0 Å². The maximum Gasteiger partial charge on any atom is 0.251 e. The van der Waals surface area contributed by atoms with Gasteiger partial charge in [-0.25, -0.2) is 8.42 Å². The van der Waals surface area contributed by atoms with E-state index in [-0.39, 0.29) is 5.91 Å². The van der Waals surface area contributed by atoms with Gasteiger partial charge in [-0.1, -0.05) is 17.7 Å². The molecular formula is C20H24N2O3S. The molecule has 0 bridgehead atoms. The summed E-state index contributed by atoms with van der Waals surface area (Å²) in [6.07, 6.45) is 1.83. The standard InChI is InChI=1S/C20H24N2O3S/c1-13-9-14(2)18(15(3)10-13)12-21-20(23)17-5-6-19-16(11-17)7-8-22(19)26(4,24)25/h5-6,9-11H,7-8,12H2,1-4H3,(H,21,23). The van der Waals surface area contributed by atoms with Crippen LogP contribution in [0.25, 0.3) is 0 Å². The van der Waals surface area contributed by atoms with Gasteiger partial charge in [-0.15, -0.1) is 0 Å². The fourth-order valence-electron chi connectivity index (χ4n) is 3.62. The molecule has 0 saturated heterocycles. The second-order valence-electron chi connectivity index (χ2n) is 6.99. The summed E-state index contributed by atoms with van der Waals surface area (Å²) in [6.45, 7) is 7.07. The Labute approximate surface area is 155 Å². The molecule has 0 aromatic heterocycles. The summed E-state index contributed by atoms with van der Waals surface area (Å²) >= 11 is 0. The average molecular weight is 372 g/mol. The summed E-state index contributed by atoms with van der Waals surface area (Å²) in [5.74, 6) is -0.148. The van der Waals surface area contributed by atoms with E-state index in [1.54, 1.807) is 18.2 Å². The highest BCUT2D eigenvalue weighted by molar-refractivity contribution is 7.92. The number of carbonyl (C=O) groups is 1. The van der Waals surface area contributed by atoms with Crippen molar-refractivity contribution in [3.05, 3.63) is 63.7 Å². The van der Waals surface area contributed by atoms with Crippen LogP contribution in [0.15, 0.2) is 30.3 Å². The third-order valence-electron chi connectivity index (χ3n) is 4.86. The summed E-state index contributed by atoms with van der Waals surface area (Å²) < 4.78 is 25.0. The number of hydrogen-bond acceptors (Lipinski definition) is 3. The minimum atomic E-state index is -3.28. The zero-order valence-electron chi connectivity index (χ0n) is 15.6. The van der Waals surface area contributed by atoms with Crippen LogP contribution >= 0.6 is 0 Å². The lowest BCUT2D eigenvalue weighted by Crippen LogP contribution is -2.27. The summed E-state index contributed by atoms with van der Waals surface area (Å²) in [7, 11) is -3.28. The molecule has 1 N–H and O–H groups in total. The first-order valence-electron chi connectivity index (χ1n) is 8.62. The van der Waals surface area contributed by atoms with E-state index in [0.717, 1.165) is 11.1 Å². The van der Waals surface area contributed by atoms with Gasteiger partial charge in [0, 0.05) is 18.7 Å². The molecule has 2 aromatic rings. The van der Waals surface area contributed by atoms with Gasteiger partial charge >= 0.3 is 0 Å². The quantitative estimate of drug-likeness (QED) is 0.897. The lowest BCUT2D eigenvalue weighted by atomic mass is 9.99. The minimum Gasteiger partial charge on any atom is -0.348 e. The minimum absolute atomic E-state index is 0.148. The first-order chi connectivity index (χ1) is 12.2. The van der Waals surface area contributed by atoms with E-state index in [1.807, 2.05) is 0 Å². The highest BCUT2D eigenvalue weighted by atomic mass is 32.2. The van der Waals surface area contributed by atoms with Crippen molar-refractivity contribution in [2.24, 2.45) is 0 Å². The molecule has 1 aliphatic heterocycles. The van der Waals surface area contributed by atoms with Crippen molar-refractivity contribution >= 4 is 21.6 Å². The zero-order chi connectivity index (χ0) is 19.1. The Morgan fingerprint density at radius 2 is 1.77 bits per heavy atom. The van der Waals surface area contributed by atoms with E-state index in [4.69, 9.17) is 0 Å². The van der Waals surface area contributed by atoms with Crippen molar-refractivity contribution in [2.75, 3.05) is 17.1 Å². The average Bonchev–Trinajstić information content (AvgIpc) is 2.96. The zero-order valence-corrected chi connectivity index (χ0v) is 16.4. The van der Waals surface area contributed by atoms with Crippen LogP contribution in [0.3, 0.4) is 0 Å². The van der Waals surface area contributed by atoms with E-state index < -0.39 is 10.0 Å². The van der Waals surface area contributed by atoms with Crippen LogP contribution in [-0.4, -0.2) is 27.1 Å². The van der Waals surface area contributed by atoms with Gasteiger partial charge in [-0.2, -0.15) is 0 Å². The van der Waals surface area contributed by atoms with Gasteiger partial charge in [0.2, 0.25) is 10.0 Å². The van der Waals surface area contributed by atoms with Crippen molar-refractivity contribution in [1.29, 1.82) is 0 Å². The van der Waals surface area contributed by atoms with Gasteiger partial charge in [0.05, 0.1) is 11.9 Å². The molecule has 0 saturated carbocycles. The Bertz CT molecular complexity index is 958. The molecule has 1 aliphatic rings. The van der Waals surface area contributed by atoms with E-state index in [1.165, 1.54) is 27.3 Å². The molecule has 6 heteroatoms. The number of anilines is 1. The lowest BCUT2D eigenvalue weighted by molar-refractivity contribution is 0.0951. The highest BCUT2D eigenvalue weighted by Crippen LogP contribution is 2.30.